The second kappa shape index (κ2) is 5.37. The molecule has 0 aliphatic heterocycles. The standard InChI is InChI=1S/C11H16N2O3/c1-7(16-2)11(15)13-6-8-5-9(12)3-4-10(8)14/h3-5,7,14H,6,12H2,1-2H3,(H,13,15). The van der Waals surface area contributed by atoms with Crippen LogP contribution < -0.4 is 11.1 Å². The molecule has 0 radical (unpaired) electrons. The largest absolute Gasteiger partial charge is 0.508 e. The molecule has 0 aliphatic carbocycles. The van der Waals surface area contributed by atoms with Crippen LogP contribution in [0.15, 0.2) is 18.2 Å². The molecule has 1 aromatic carbocycles. The highest BCUT2D eigenvalue weighted by molar-refractivity contribution is 5.80. The van der Waals surface area contributed by atoms with Crippen LogP contribution in [0.25, 0.3) is 0 Å². The fraction of sp³-hybridized carbons (Fsp3) is 0.364. The first kappa shape index (κ1) is 12.3. The summed E-state index contributed by atoms with van der Waals surface area (Å²) in [6, 6.07) is 4.71. The van der Waals surface area contributed by atoms with E-state index in [1.165, 1.54) is 13.2 Å². The molecular weight excluding hydrogens is 208 g/mol. The van der Waals surface area contributed by atoms with Gasteiger partial charge in [0.05, 0.1) is 0 Å². The Kier molecular flexibility index (Phi) is 4.13. The summed E-state index contributed by atoms with van der Waals surface area (Å²) in [4.78, 5) is 11.4. The first-order valence-corrected chi connectivity index (χ1v) is 4.92. The van der Waals surface area contributed by atoms with Gasteiger partial charge in [-0.2, -0.15) is 0 Å². The molecule has 0 aromatic heterocycles. The number of nitrogen functional groups attached to an aromatic ring is 1. The van der Waals surface area contributed by atoms with Crippen LogP contribution in [-0.2, 0) is 16.1 Å². The molecule has 0 bridgehead atoms. The molecule has 0 saturated carbocycles. The van der Waals surface area contributed by atoms with Crippen molar-refractivity contribution >= 4 is 11.6 Å². The lowest BCUT2D eigenvalue weighted by Gasteiger charge is -2.11. The van der Waals surface area contributed by atoms with Crippen molar-refractivity contribution in [2.24, 2.45) is 0 Å². The van der Waals surface area contributed by atoms with Crippen LogP contribution in [0.5, 0.6) is 5.75 Å². The molecule has 1 amide bonds. The molecular formula is C11H16N2O3. The Morgan fingerprint density at radius 2 is 2.31 bits per heavy atom. The molecule has 0 aliphatic rings. The van der Waals surface area contributed by atoms with E-state index >= 15 is 0 Å². The van der Waals surface area contributed by atoms with Crippen LogP contribution in [0.2, 0.25) is 0 Å². The summed E-state index contributed by atoms with van der Waals surface area (Å²) in [6.45, 7) is 1.87. The number of phenols is 1. The number of rotatable bonds is 4. The number of hydrogen-bond donors (Lipinski definition) is 3. The van der Waals surface area contributed by atoms with E-state index in [2.05, 4.69) is 5.32 Å². The van der Waals surface area contributed by atoms with Crippen LogP contribution in [-0.4, -0.2) is 24.2 Å². The van der Waals surface area contributed by atoms with Gasteiger partial charge in [0, 0.05) is 24.9 Å². The molecule has 1 rings (SSSR count). The summed E-state index contributed by atoms with van der Waals surface area (Å²) < 4.78 is 4.86. The van der Waals surface area contributed by atoms with Crippen molar-refractivity contribution in [2.75, 3.05) is 12.8 Å². The Bertz CT molecular complexity index is 379. The van der Waals surface area contributed by atoms with Crippen molar-refractivity contribution in [3.8, 4) is 5.75 Å². The van der Waals surface area contributed by atoms with E-state index in [0.29, 0.717) is 11.3 Å². The number of carbonyl (C=O) groups excluding carboxylic acids is 1. The predicted molar refractivity (Wildman–Crippen MR) is 60.8 cm³/mol. The fourth-order valence-corrected chi connectivity index (χ4v) is 1.18. The van der Waals surface area contributed by atoms with E-state index in [9.17, 15) is 9.90 Å². The topological polar surface area (TPSA) is 84.6 Å². The third kappa shape index (κ3) is 3.13. The third-order valence-electron chi connectivity index (χ3n) is 2.28. The number of methoxy groups -OCH3 is 1. The van der Waals surface area contributed by atoms with Crippen molar-refractivity contribution in [3.05, 3.63) is 23.8 Å². The number of benzene rings is 1. The number of phenolic OH excluding ortho intramolecular Hbond substituents is 1. The van der Waals surface area contributed by atoms with Crippen molar-refractivity contribution in [1.29, 1.82) is 0 Å². The Morgan fingerprint density at radius 3 is 2.94 bits per heavy atom. The Labute approximate surface area is 94.2 Å². The minimum atomic E-state index is -0.511. The molecule has 4 N–H and O–H groups in total. The SMILES string of the molecule is COC(C)C(=O)NCc1cc(N)ccc1O. The van der Waals surface area contributed by atoms with Gasteiger partial charge in [0.1, 0.15) is 11.9 Å². The second-order valence-corrected chi connectivity index (χ2v) is 3.48. The zero-order valence-electron chi connectivity index (χ0n) is 9.36. The van der Waals surface area contributed by atoms with Gasteiger partial charge in [0.2, 0.25) is 5.91 Å². The number of amides is 1. The van der Waals surface area contributed by atoms with Gasteiger partial charge in [-0.3, -0.25) is 4.79 Å². The average molecular weight is 224 g/mol. The smallest absolute Gasteiger partial charge is 0.249 e. The van der Waals surface area contributed by atoms with Gasteiger partial charge in [-0.15, -0.1) is 0 Å². The van der Waals surface area contributed by atoms with E-state index in [1.54, 1.807) is 19.1 Å². The van der Waals surface area contributed by atoms with E-state index < -0.39 is 6.10 Å². The molecule has 0 fully saturated rings. The maximum absolute atomic E-state index is 11.4. The lowest BCUT2D eigenvalue weighted by atomic mass is 10.1. The maximum atomic E-state index is 11.4. The predicted octanol–water partition coefficient (Wildman–Crippen LogP) is 0.625. The number of nitrogens with two attached hydrogens (primary N) is 1. The molecule has 0 heterocycles. The summed E-state index contributed by atoms with van der Waals surface area (Å²) in [5, 5.41) is 12.1. The molecule has 0 spiro atoms. The first-order valence-electron chi connectivity index (χ1n) is 4.92. The summed E-state index contributed by atoms with van der Waals surface area (Å²) in [5.74, 6) is -0.121. The van der Waals surface area contributed by atoms with Crippen molar-refractivity contribution in [2.45, 2.75) is 19.6 Å². The number of hydrogen-bond acceptors (Lipinski definition) is 4. The molecule has 16 heavy (non-hydrogen) atoms. The van der Waals surface area contributed by atoms with Gasteiger partial charge < -0.3 is 20.9 Å². The molecule has 88 valence electrons. The first-order chi connectivity index (χ1) is 7.54. The second-order valence-electron chi connectivity index (χ2n) is 3.48. The quantitative estimate of drug-likeness (QED) is 0.517. The van der Waals surface area contributed by atoms with Crippen molar-refractivity contribution in [1.82, 2.24) is 5.32 Å². The molecule has 5 nitrogen and oxygen atoms in total. The van der Waals surface area contributed by atoms with Crippen LogP contribution in [0.3, 0.4) is 0 Å². The van der Waals surface area contributed by atoms with Gasteiger partial charge in [-0.1, -0.05) is 0 Å². The summed E-state index contributed by atoms with van der Waals surface area (Å²) in [7, 11) is 1.46. The zero-order chi connectivity index (χ0) is 12.1. The number of anilines is 1. The molecule has 1 unspecified atom stereocenters. The maximum Gasteiger partial charge on any atom is 0.249 e. The molecule has 0 saturated heterocycles. The molecule has 1 atom stereocenters. The summed E-state index contributed by atoms with van der Waals surface area (Å²) >= 11 is 0. The van der Waals surface area contributed by atoms with Crippen LogP contribution >= 0.6 is 0 Å². The summed E-state index contributed by atoms with van der Waals surface area (Å²) in [5.41, 5.74) is 6.69. The minimum Gasteiger partial charge on any atom is -0.508 e. The minimum absolute atomic E-state index is 0.111. The van der Waals surface area contributed by atoms with Gasteiger partial charge in [-0.05, 0) is 25.1 Å². The number of ether oxygens (including phenoxy) is 1. The van der Waals surface area contributed by atoms with Crippen LogP contribution in [0.4, 0.5) is 5.69 Å². The number of carbonyl (C=O) groups is 1. The Morgan fingerprint density at radius 1 is 1.62 bits per heavy atom. The fourth-order valence-electron chi connectivity index (χ4n) is 1.18. The highest BCUT2D eigenvalue weighted by Crippen LogP contribution is 2.19. The van der Waals surface area contributed by atoms with Gasteiger partial charge in [0.25, 0.3) is 0 Å². The lowest BCUT2D eigenvalue weighted by molar-refractivity contribution is -0.130. The molecule has 5 heteroatoms. The van der Waals surface area contributed by atoms with Gasteiger partial charge in [-0.25, -0.2) is 0 Å². The third-order valence-corrected chi connectivity index (χ3v) is 2.28. The van der Waals surface area contributed by atoms with Crippen molar-refractivity contribution in [3.63, 3.8) is 0 Å². The van der Waals surface area contributed by atoms with Gasteiger partial charge >= 0.3 is 0 Å². The van der Waals surface area contributed by atoms with Crippen LogP contribution in [0.1, 0.15) is 12.5 Å². The number of nitrogens with one attached hydrogen (secondary N) is 1. The Hall–Kier alpha value is -1.75. The van der Waals surface area contributed by atoms with E-state index in [1.807, 2.05) is 0 Å². The van der Waals surface area contributed by atoms with Crippen molar-refractivity contribution < 1.29 is 14.6 Å². The lowest BCUT2D eigenvalue weighted by Crippen LogP contribution is -2.33. The highest BCUT2D eigenvalue weighted by Gasteiger charge is 2.11. The average Bonchev–Trinajstić information content (AvgIpc) is 2.28. The zero-order valence-corrected chi connectivity index (χ0v) is 9.36. The normalized spacial score (nSPS) is 12.1. The Balaban J connectivity index is 2.61. The number of aromatic hydroxyl groups is 1. The van der Waals surface area contributed by atoms with E-state index in [-0.39, 0.29) is 18.2 Å². The molecule has 1 aromatic rings. The van der Waals surface area contributed by atoms with Crippen LogP contribution in [0, 0.1) is 0 Å². The highest BCUT2D eigenvalue weighted by atomic mass is 16.5. The monoisotopic (exact) mass is 224 g/mol. The van der Waals surface area contributed by atoms with E-state index in [0.717, 1.165) is 0 Å². The van der Waals surface area contributed by atoms with E-state index in [4.69, 9.17) is 10.5 Å². The summed E-state index contributed by atoms with van der Waals surface area (Å²) in [6.07, 6.45) is -0.511. The van der Waals surface area contributed by atoms with Gasteiger partial charge in [0.15, 0.2) is 0 Å².